The van der Waals surface area contributed by atoms with Gasteiger partial charge >= 0.3 is 0 Å². The number of nitrogens with one attached hydrogen (secondary N) is 1. The lowest BCUT2D eigenvalue weighted by Gasteiger charge is -2.31. The molecule has 2 aromatic carbocycles. The van der Waals surface area contributed by atoms with Crippen LogP contribution in [0, 0.1) is 6.92 Å². The van der Waals surface area contributed by atoms with Gasteiger partial charge < -0.3 is 10.2 Å². The van der Waals surface area contributed by atoms with E-state index in [1.54, 1.807) is 50.2 Å². The molecule has 0 aliphatic heterocycles. The Morgan fingerprint density at radius 1 is 1.09 bits per heavy atom. The number of hydrogen-bond donors (Lipinski definition) is 1. The molecular weight excluding hydrogens is 473 g/mol. The fraction of sp³-hybridized carbons (Fsp3) is 0.364. The Morgan fingerprint density at radius 3 is 2.34 bits per heavy atom. The number of nitrogens with zero attached hydrogens (tertiary/aromatic N) is 2. The maximum absolute atomic E-state index is 13.3. The quantitative estimate of drug-likeness (QED) is 0.570. The maximum Gasteiger partial charge on any atom is 0.244 e. The van der Waals surface area contributed by atoms with E-state index in [4.69, 9.17) is 23.2 Å². The molecule has 174 valence electrons. The molecule has 0 aromatic heterocycles. The molecule has 0 saturated carbocycles. The van der Waals surface area contributed by atoms with Crippen LogP contribution in [0.4, 0.5) is 5.69 Å². The molecule has 1 N–H and O–H groups in total. The molecule has 0 aliphatic rings. The number of aryl methyl sites for hydroxylation is 1. The number of amides is 2. The van der Waals surface area contributed by atoms with E-state index in [1.807, 2.05) is 13.0 Å². The van der Waals surface area contributed by atoms with Crippen LogP contribution in [0.2, 0.25) is 10.0 Å². The van der Waals surface area contributed by atoms with Gasteiger partial charge in [-0.3, -0.25) is 13.9 Å². The van der Waals surface area contributed by atoms with Gasteiger partial charge in [-0.1, -0.05) is 41.4 Å². The number of likely N-dealkylation sites (N-methyl/N-ethyl adjacent to an activating group) is 1. The number of halogens is 2. The van der Waals surface area contributed by atoms with E-state index in [0.717, 1.165) is 16.1 Å². The van der Waals surface area contributed by atoms with Crippen LogP contribution < -0.4 is 9.62 Å². The first-order valence-electron chi connectivity index (χ1n) is 9.99. The summed E-state index contributed by atoms with van der Waals surface area (Å²) in [7, 11) is -3.76. The van der Waals surface area contributed by atoms with Crippen LogP contribution in [0.25, 0.3) is 0 Å². The fourth-order valence-corrected chi connectivity index (χ4v) is 4.30. The molecule has 0 radical (unpaired) electrons. The van der Waals surface area contributed by atoms with Gasteiger partial charge in [-0.2, -0.15) is 0 Å². The van der Waals surface area contributed by atoms with Crippen molar-refractivity contribution in [1.29, 1.82) is 0 Å². The zero-order chi connectivity index (χ0) is 24.1. The minimum atomic E-state index is -3.76. The summed E-state index contributed by atoms with van der Waals surface area (Å²) >= 11 is 12.1. The lowest BCUT2D eigenvalue weighted by molar-refractivity contribution is -0.139. The highest BCUT2D eigenvalue weighted by molar-refractivity contribution is 7.92. The highest BCUT2D eigenvalue weighted by atomic mass is 35.5. The first-order chi connectivity index (χ1) is 14.9. The average Bonchev–Trinajstić information content (AvgIpc) is 2.71. The fourth-order valence-electron chi connectivity index (χ4n) is 3.14. The number of anilines is 1. The molecule has 0 saturated heterocycles. The van der Waals surface area contributed by atoms with Crippen molar-refractivity contribution in [1.82, 2.24) is 10.2 Å². The van der Waals surface area contributed by atoms with E-state index in [2.05, 4.69) is 5.32 Å². The van der Waals surface area contributed by atoms with Gasteiger partial charge in [-0.05, 0) is 56.2 Å². The number of hydrogen-bond acceptors (Lipinski definition) is 4. The van der Waals surface area contributed by atoms with Gasteiger partial charge in [0.15, 0.2) is 0 Å². The predicted molar refractivity (Wildman–Crippen MR) is 129 cm³/mol. The van der Waals surface area contributed by atoms with Crippen LogP contribution in [0.15, 0.2) is 42.5 Å². The van der Waals surface area contributed by atoms with Crippen LogP contribution in [0.5, 0.6) is 0 Å². The summed E-state index contributed by atoms with van der Waals surface area (Å²) in [6, 6.07) is 10.9. The second kappa shape index (κ2) is 11.0. The van der Waals surface area contributed by atoms with Gasteiger partial charge in [-0.25, -0.2) is 8.42 Å². The largest absolute Gasteiger partial charge is 0.355 e. The molecular formula is C22H27Cl2N3O4S. The van der Waals surface area contributed by atoms with E-state index in [-0.39, 0.29) is 12.5 Å². The highest BCUT2D eigenvalue weighted by Crippen LogP contribution is 2.24. The van der Waals surface area contributed by atoms with Gasteiger partial charge in [0.1, 0.15) is 12.6 Å². The molecule has 2 aromatic rings. The molecule has 2 amide bonds. The smallest absolute Gasteiger partial charge is 0.244 e. The summed E-state index contributed by atoms with van der Waals surface area (Å²) in [4.78, 5) is 27.2. The van der Waals surface area contributed by atoms with Crippen molar-refractivity contribution in [2.24, 2.45) is 0 Å². The lowest BCUT2D eigenvalue weighted by atomic mass is 10.1. The molecule has 0 heterocycles. The van der Waals surface area contributed by atoms with E-state index >= 15 is 0 Å². The number of benzene rings is 2. The molecule has 0 aliphatic carbocycles. The van der Waals surface area contributed by atoms with E-state index in [0.29, 0.717) is 27.8 Å². The third-order valence-electron chi connectivity index (χ3n) is 4.82. The van der Waals surface area contributed by atoms with Gasteiger partial charge in [0.25, 0.3) is 0 Å². The van der Waals surface area contributed by atoms with E-state index in [1.165, 1.54) is 4.90 Å². The molecule has 0 spiro atoms. The number of carbonyl (C=O) groups is 2. The molecule has 1 atom stereocenters. The van der Waals surface area contributed by atoms with Crippen LogP contribution >= 0.6 is 23.2 Å². The number of rotatable bonds is 9. The average molecular weight is 500 g/mol. The maximum atomic E-state index is 13.3. The van der Waals surface area contributed by atoms with Crippen LogP contribution in [0.3, 0.4) is 0 Å². The van der Waals surface area contributed by atoms with Gasteiger partial charge in [-0.15, -0.1) is 0 Å². The molecule has 0 fully saturated rings. The summed E-state index contributed by atoms with van der Waals surface area (Å²) in [5.41, 5.74) is 1.89. The highest BCUT2D eigenvalue weighted by Gasteiger charge is 2.30. The number of sulfonamides is 1. The summed E-state index contributed by atoms with van der Waals surface area (Å²) < 4.78 is 26.0. The van der Waals surface area contributed by atoms with Crippen molar-refractivity contribution in [3.63, 3.8) is 0 Å². The third-order valence-corrected chi connectivity index (χ3v) is 6.70. The van der Waals surface area contributed by atoms with Crippen molar-refractivity contribution < 1.29 is 18.0 Å². The van der Waals surface area contributed by atoms with Crippen molar-refractivity contribution >= 4 is 50.7 Å². The Kier molecular flexibility index (Phi) is 8.95. The van der Waals surface area contributed by atoms with Crippen LogP contribution in [-0.2, 0) is 26.2 Å². The lowest BCUT2D eigenvalue weighted by Crippen LogP contribution is -2.51. The van der Waals surface area contributed by atoms with Crippen molar-refractivity contribution in [2.45, 2.75) is 33.4 Å². The Balaban J connectivity index is 2.40. The summed E-state index contributed by atoms with van der Waals surface area (Å²) in [6.07, 6.45) is 1.04. The molecule has 0 bridgehead atoms. The second-order valence-corrected chi connectivity index (χ2v) is 10.2. The van der Waals surface area contributed by atoms with E-state index < -0.39 is 28.5 Å². The Morgan fingerprint density at radius 2 is 1.78 bits per heavy atom. The zero-order valence-corrected chi connectivity index (χ0v) is 20.8. The van der Waals surface area contributed by atoms with Crippen molar-refractivity contribution in [3.05, 3.63) is 63.6 Å². The Labute approximate surface area is 199 Å². The third kappa shape index (κ3) is 6.85. The van der Waals surface area contributed by atoms with Crippen LogP contribution in [-0.4, -0.2) is 50.5 Å². The summed E-state index contributed by atoms with van der Waals surface area (Å²) in [5, 5.41) is 3.39. The first-order valence-corrected chi connectivity index (χ1v) is 12.6. The van der Waals surface area contributed by atoms with Gasteiger partial charge in [0.2, 0.25) is 21.8 Å². The SMILES string of the molecule is CCNC(=O)C(C)N(Cc1ccc(Cl)c(Cl)c1)C(=O)CN(c1cccc(C)c1)S(C)(=O)=O. The van der Waals surface area contributed by atoms with Crippen molar-refractivity contribution in [2.75, 3.05) is 23.7 Å². The molecule has 7 nitrogen and oxygen atoms in total. The first kappa shape index (κ1) is 26.0. The standard InChI is InChI=1S/C22H27Cl2N3O4S/c1-5-25-22(29)16(3)26(13-17-9-10-19(23)20(24)12-17)21(28)14-27(32(4,30)31)18-8-6-7-15(2)11-18/h6-12,16H,5,13-14H2,1-4H3,(H,25,29). The minimum Gasteiger partial charge on any atom is -0.355 e. The molecule has 1 unspecified atom stereocenters. The van der Waals surface area contributed by atoms with Gasteiger partial charge in [0, 0.05) is 13.1 Å². The Hall–Kier alpha value is -2.29. The normalized spacial score (nSPS) is 12.2. The number of carbonyl (C=O) groups excluding carboxylic acids is 2. The Bertz CT molecular complexity index is 1090. The summed E-state index contributed by atoms with van der Waals surface area (Å²) in [5.74, 6) is -0.871. The summed E-state index contributed by atoms with van der Waals surface area (Å²) in [6.45, 7) is 5.21. The molecule has 32 heavy (non-hydrogen) atoms. The predicted octanol–water partition coefficient (Wildman–Crippen LogP) is 3.62. The van der Waals surface area contributed by atoms with E-state index in [9.17, 15) is 18.0 Å². The second-order valence-electron chi connectivity index (χ2n) is 7.45. The van der Waals surface area contributed by atoms with Crippen molar-refractivity contribution in [3.8, 4) is 0 Å². The minimum absolute atomic E-state index is 0.0550. The molecule has 2 rings (SSSR count). The topological polar surface area (TPSA) is 86.8 Å². The molecule has 10 heteroatoms. The monoisotopic (exact) mass is 499 g/mol. The zero-order valence-electron chi connectivity index (χ0n) is 18.4. The van der Waals surface area contributed by atoms with Crippen LogP contribution in [0.1, 0.15) is 25.0 Å². The van der Waals surface area contributed by atoms with Gasteiger partial charge in [0.05, 0.1) is 22.0 Å².